The van der Waals surface area contributed by atoms with Crippen LogP contribution in [0.25, 0.3) is 0 Å². The van der Waals surface area contributed by atoms with Crippen molar-refractivity contribution in [3.05, 3.63) is 60.0 Å². The Bertz CT molecular complexity index is 987. The van der Waals surface area contributed by atoms with Gasteiger partial charge < -0.3 is 24.2 Å². The van der Waals surface area contributed by atoms with Crippen LogP contribution in [0.1, 0.15) is 11.3 Å². The van der Waals surface area contributed by atoms with Gasteiger partial charge in [0.05, 0.1) is 37.2 Å². The Morgan fingerprint density at radius 1 is 1.33 bits per heavy atom. The topological polar surface area (TPSA) is 96.1 Å². The first-order valence-corrected chi connectivity index (χ1v) is 10.1. The van der Waals surface area contributed by atoms with Crippen LogP contribution in [0.5, 0.6) is 0 Å². The Morgan fingerprint density at radius 3 is 2.83 bits per heavy atom. The molecule has 1 spiro atoms. The van der Waals surface area contributed by atoms with Crippen LogP contribution < -0.4 is 4.90 Å². The molecular weight excluding hydrogens is 386 g/mol. The molecule has 1 N–H and O–H groups in total. The standard InChI is InChI=1S/C22H23N3O5/c1-24(12-16-7-10-23-30-16)20(27)18-17-6-9-22(29-17)13-25(21(28)19(18)22)15-4-2-14(3-5-15)8-11-26/h2-7,9-10,17-19,26H,8,11-13H2,1H3/t17-,18+,19-,22-/m0/s1. The minimum Gasteiger partial charge on any atom is -0.396 e. The van der Waals surface area contributed by atoms with Gasteiger partial charge in [0.15, 0.2) is 5.76 Å². The normalized spacial score (nSPS) is 28.9. The highest BCUT2D eigenvalue weighted by molar-refractivity contribution is 6.03. The third-order valence-electron chi connectivity index (χ3n) is 6.29. The molecule has 4 atom stereocenters. The van der Waals surface area contributed by atoms with Crippen LogP contribution >= 0.6 is 0 Å². The first-order valence-electron chi connectivity index (χ1n) is 10.1. The van der Waals surface area contributed by atoms with Gasteiger partial charge in [-0.1, -0.05) is 29.4 Å². The van der Waals surface area contributed by atoms with Crippen molar-refractivity contribution in [2.45, 2.75) is 24.7 Å². The van der Waals surface area contributed by atoms with E-state index in [-0.39, 0.29) is 25.0 Å². The van der Waals surface area contributed by atoms with Crippen LogP contribution in [0.15, 0.2) is 53.2 Å². The van der Waals surface area contributed by atoms with Crippen molar-refractivity contribution in [1.29, 1.82) is 0 Å². The van der Waals surface area contributed by atoms with Crippen molar-refractivity contribution >= 4 is 17.5 Å². The van der Waals surface area contributed by atoms with Gasteiger partial charge in [-0.05, 0) is 24.1 Å². The van der Waals surface area contributed by atoms with Crippen LogP contribution in [0, 0.1) is 11.8 Å². The number of rotatable bonds is 6. The van der Waals surface area contributed by atoms with Gasteiger partial charge in [0, 0.05) is 25.4 Å². The summed E-state index contributed by atoms with van der Waals surface area (Å²) in [7, 11) is 1.70. The van der Waals surface area contributed by atoms with Gasteiger partial charge in [0.2, 0.25) is 11.8 Å². The molecule has 2 bridgehead atoms. The van der Waals surface area contributed by atoms with Crippen molar-refractivity contribution in [2.75, 3.05) is 25.1 Å². The second-order valence-electron chi connectivity index (χ2n) is 8.14. The van der Waals surface area contributed by atoms with Crippen molar-refractivity contribution < 1.29 is 24.0 Å². The molecule has 8 nitrogen and oxygen atoms in total. The fraction of sp³-hybridized carbons (Fsp3) is 0.409. The largest absolute Gasteiger partial charge is 0.396 e. The number of aliphatic hydroxyl groups excluding tert-OH is 1. The number of carbonyl (C=O) groups is 2. The second-order valence-corrected chi connectivity index (χ2v) is 8.14. The number of benzene rings is 1. The SMILES string of the molecule is CN(Cc1ccno1)C(=O)[C@@H]1[C@@H]2C=C[C@@]3(CN(c4ccc(CCO)cc4)C(=O)[C@H]13)O2. The maximum Gasteiger partial charge on any atom is 0.234 e. The second kappa shape index (κ2) is 7.07. The Hall–Kier alpha value is -2.97. The van der Waals surface area contributed by atoms with Crippen LogP contribution in [0.4, 0.5) is 5.69 Å². The summed E-state index contributed by atoms with van der Waals surface area (Å²) < 4.78 is 11.3. The fourth-order valence-electron chi connectivity index (χ4n) is 4.86. The van der Waals surface area contributed by atoms with Crippen LogP contribution in [0.3, 0.4) is 0 Å². The van der Waals surface area contributed by atoms with Gasteiger partial charge in [0.1, 0.15) is 5.60 Å². The Morgan fingerprint density at radius 2 is 2.13 bits per heavy atom. The molecule has 156 valence electrons. The lowest BCUT2D eigenvalue weighted by Crippen LogP contribution is -2.44. The van der Waals surface area contributed by atoms with E-state index in [9.17, 15) is 9.59 Å². The monoisotopic (exact) mass is 409 g/mol. The molecule has 30 heavy (non-hydrogen) atoms. The lowest BCUT2D eigenvalue weighted by Gasteiger charge is -2.27. The molecule has 4 heterocycles. The van der Waals surface area contributed by atoms with Crippen LogP contribution in [-0.2, 0) is 27.3 Å². The number of aliphatic hydroxyl groups is 1. The summed E-state index contributed by atoms with van der Waals surface area (Å²) in [4.78, 5) is 29.9. The first kappa shape index (κ1) is 19.0. The molecule has 2 saturated heterocycles. The summed E-state index contributed by atoms with van der Waals surface area (Å²) in [5, 5.41) is 12.8. The number of fused-ring (bicyclic) bond motifs is 1. The molecule has 3 aliphatic heterocycles. The smallest absolute Gasteiger partial charge is 0.234 e. The highest BCUT2D eigenvalue weighted by Crippen LogP contribution is 2.53. The van der Waals surface area contributed by atoms with Crippen molar-refractivity contribution in [3.63, 3.8) is 0 Å². The molecule has 2 amide bonds. The van der Waals surface area contributed by atoms with E-state index in [4.69, 9.17) is 14.4 Å². The number of hydrogen-bond acceptors (Lipinski definition) is 6. The van der Waals surface area contributed by atoms with Gasteiger partial charge >= 0.3 is 0 Å². The fourth-order valence-corrected chi connectivity index (χ4v) is 4.86. The van der Waals surface area contributed by atoms with E-state index in [1.54, 1.807) is 22.9 Å². The van der Waals surface area contributed by atoms with Crippen molar-refractivity contribution in [2.24, 2.45) is 11.8 Å². The molecule has 5 rings (SSSR count). The molecule has 3 aliphatic rings. The average Bonchev–Trinajstić information content (AvgIpc) is 3.51. The molecule has 0 aliphatic carbocycles. The molecule has 0 unspecified atom stereocenters. The molecule has 2 aromatic rings. The molecule has 0 radical (unpaired) electrons. The highest BCUT2D eigenvalue weighted by atomic mass is 16.5. The molecule has 8 heteroatoms. The third kappa shape index (κ3) is 2.86. The van der Waals surface area contributed by atoms with E-state index in [2.05, 4.69) is 5.16 Å². The average molecular weight is 409 g/mol. The van der Waals surface area contributed by atoms with Crippen molar-refractivity contribution in [1.82, 2.24) is 10.1 Å². The maximum atomic E-state index is 13.4. The van der Waals surface area contributed by atoms with E-state index in [0.29, 0.717) is 18.7 Å². The summed E-state index contributed by atoms with van der Waals surface area (Å²) in [5.74, 6) is -0.754. The van der Waals surface area contributed by atoms with E-state index < -0.39 is 23.5 Å². The molecule has 1 aromatic heterocycles. The maximum absolute atomic E-state index is 13.4. The van der Waals surface area contributed by atoms with Gasteiger partial charge in [-0.15, -0.1) is 0 Å². The van der Waals surface area contributed by atoms with E-state index in [0.717, 1.165) is 11.3 Å². The van der Waals surface area contributed by atoms with E-state index >= 15 is 0 Å². The number of anilines is 1. The van der Waals surface area contributed by atoms with E-state index in [1.165, 1.54) is 6.20 Å². The Balaban J connectivity index is 1.39. The molecule has 1 aromatic carbocycles. The zero-order valence-corrected chi connectivity index (χ0v) is 16.6. The predicted octanol–water partition coefficient (Wildman–Crippen LogP) is 1.15. The molecule has 2 fully saturated rings. The molecule has 0 saturated carbocycles. The predicted molar refractivity (Wildman–Crippen MR) is 106 cm³/mol. The lowest BCUT2D eigenvalue weighted by atomic mass is 9.76. The number of aromatic nitrogens is 1. The number of amides is 2. The van der Waals surface area contributed by atoms with E-state index in [1.807, 2.05) is 36.4 Å². The van der Waals surface area contributed by atoms with Gasteiger partial charge in [-0.3, -0.25) is 9.59 Å². The minimum atomic E-state index is -0.765. The first-order chi connectivity index (χ1) is 14.5. The summed E-state index contributed by atoms with van der Waals surface area (Å²) in [6.07, 6.45) is 5.57. The van der Waals surface area contributed by atoms with Gasteiger partial charge in [-0.25, -0.2) is 0 Å². The summed E-state index contributed by atoms with van der Waals surface area (Å²) in [6.45, 7) is 0.757. The quantitative estimate of drug-likeness (QED) is 0.720. The Labute approximate surface area is 173 Å². The summed E-state index contributed by atoms with van der Waals surface area (Å²) in [6, 6.07) is 9.29. The summed E-state index contributed by atoms with van der Waals surface area (Å²) in [5.41, 5.74) is 1.01. The lowest BCUT2D eigenvalue weighted by molar-refractivity contribution is -0.139. The number of hydrogen-bond donors (Lipinski definition) is 1. The van der Waals surface area contributed by atoms with Gasteiger partial charge in [-0.2, -0.15) is 0 Å². The van der Waals surface area contributed by atoms with Crippen LogP contribution in [0.2, 0.25) is 0 Å². The summed E-state index contributed by atoms with van der Waals surface area (Å²) >= 11 is 0. The third-order valence-corrected chi connectivity index (χ3v) is 6.29. The Kier molecular flexibility index (Phi) is 4.48. The van der Waals surface area contributed by atoms with Gasteiger partial charge in [0.25, 0.3) is 0 Å². The zero-order chi connectivity index (χ0) is 20.9. The minimum absolute atomic E-state index is 0.0819. The van der Waals surface area contributed by atoms with Crippen molar-refractivity contribution in [3.8, 4) is 0 Å². The highest BCUT2D eigenvalue weighted by Gasteiger charge is 2.67. The zero-order valence-electron chi connectivity index (χ0n) is 16.6. The van der Waals surface area contributed by atoms with Crippen LogP contribution in [-0.4, -0.2) is 58.9 Å². The number of carbonyl (C=O) groups excluding carboxylic acids is 2. The number of nitrogens with zero attached hydrogens (tertiary/aromatic N) is 3. The molecular formula is C22H23N3O5. The number of ether oxygens (including phenoxy) is 1.